The van der Waals surface area contributed by atoms with Crippen LogP contribution in [0.25, 0.3) is 0 Å². The molecule has 7 heteroatoms. The minimum atomic E-state index is -0.672. The van der Waals surface area contributed by atoms with Crippen LogP contribution >= 0.6 is 24.0 Å². The van der Waals surface area contributed by atoms with Gasteiger partial charge in [0.25, 0.3) is 0 Å². The van der Waals surface area contributed by atoms with Crippen molar-refractivity contribution in [1.29, 1.82) is 5.41 Å². The molecule has 0 spiro atoms. The number of ether oxygens (including phenoxy) is 1. The third-order valence-electron chi connectivity index (χ3n) is 2.68. The zero-order valence-corrected chi connectivity index (χ0v) is 12.3. The molecular formula is C14H12Cl2F2N2O. The number of hydrogen-bond acceptors (Lipinski definition) is 2. The molecule has 0 heterocycles. The maximum atomic E-state index is 13.6. The van der Waals surface area contributed by atoms with Crippen LogP contribution in [-0.2, 0) is 6.61 Å². The number of nitrogens with two attached hydrogens (primary N) is 1. The number of hydrogen-bond donors (Lipinski definition) is 2. The van der Waals surface area contributed by atoms with E-state index in [1.54, 1.807) is 0 Å². The minimum Gasteiger partial charge on any atom is -0.488 e. The van der Waals surface area contributed by atoms with Gasteiger partial charge in [0.15, 0.2) is 0 Å². The van der Waals surface area contributed by atoms with Crippen LogP contribution in [0.15, 0.2) is 36.4 Å². The Balaban J connectivity index is 0.00000220. The fourth-order valence-electron chi connectivity index (χ4n) is 1.71. The van der Waals surface area contributed by atoms with Crippen LogP contribution in [0.4, 0.5) is 8.78 Å². The average molecular weight is 333 g/mol. The predicted molar refractivity (Wildman–Crippen MR) is 80.4 cm³/mol. The van der Waals surface area contributed by atoms with E-state index in [1.807, 2.05) is 0 Å². The number of nitrogens with one attached hydrogen (secondary N) is 1. The van der Waals surface area contributed by atoms with Gasteiger partial charge in [0.05, 0.1) is 10.6 Å². The molecule has 0 aliphatic heterocycles. The normalized spacial score (nSPS) is 9.86. The van der Waals surface area contributed by atoms with Crippen molar-refractivity contribution in [2.45, 2.75) is 6.61 Å². The Morgan fingerprint density at radius 3 is 2.38 bits per heavy atom. The standard InChI is InChI=1S/C14H11ClF2N2O.ClH/c15-9-3-1-4-10(16)8(9)7-20-12-6-2-5-11(17)13(12)14(18)19;/h1-6H,7H2,(H3,18,19);1H. The molecule has 0 aliphatic carbocycles. The quantitative estimate of drug-likeness (QED) is 0.658. The van der Waals surface area contributed by atoms with E-state index < -0.39 is 17.5 Å². The van der Waals surface area contributed by atoms with Gasteiger partial charge in [-0.2, -0.15) is 0 Å². The lowest BCUT2D eigenvalue weighted by Gasteiger charge is -2.12. The fourth-order valence-corrected chi connectivity index (χ4v) is 1.92. The average Bonchev–Trinajstić information content (AvgIpc) is 2.37. The van der Waals surface area contributed by atoms with Gasteiger partial charge in [-0.1, -0.05) is 23.7 Å². The summed E-state index contributed by atoms with van der Waals surface area (Å²) in [6.07, 6.45) is 0. The molecule has 0 amide bonds. The van der Waals surface area contributed by atoms with Crippen molar-refractivity contribution in [3.63, 3.8) is 0 Å². The van der Waals surface area contributed by atoms with E-state index in [0.717, 1.165) is 0 Å². The number of halogens is 4. The van der Waals surface area contributed by atoms with E-state index in [9.17, 15) is 8.78 Å². The van der Waals surface area contributed by atoms with Gasteiger partial charge >= 0.3 is 0 Å². The lowest BCUT2D eigenvalue weighted by Crippen LogP contribution is -2.15. The molecule has 0 atom stereocenters. The third kappa shape index (κ3) is 3.83. The van der Waals surface area contributed by atoms with Gasteiger partial charge in [0.1, 0.15) is 29.8 Å². The third-order valence-corrected chi connectivity index (χ3v) is 3.03. The molecule has 0 saturated carbocycles. The Kier molecular flexibility index (Phi) is 5.93. The van der Waals surface area contributed by atoms with E-state index >= 15 is 0 Å². The summed E-state index contributed by atoms with van der Waals surface area (Å²) in [4.78, 5) is 0. The molecule has 2 aromatic rings. The summed E-state index contributed by atoms with van der Waals surface area (Å²) >= 11 is 5.87. The molecular weight excluding hydrogens is 321 g/mol. The van der Waals surface area contributed by atoms with E-state index in [4.69, 9.17) is 27.5 Å². The second kappa shape index (κ2) is 7.24. The second-order valence-electron chi connectivity index (χ2n) is 4.02. The predicted octanol–water partition coefficient (Wildman–Crippen LogP) is 3.90. The molecule has 0 bridgehead atoms. The first-order valence-electron chi connectivity index (χ1n) is 5.69. The van der Waals surface area contributed by atoms with Gasteiger partial charge in [-0.05, 0) is 24.3 Å². The lowest BCUT2D eigenvalue weighted by atomic mass is 10.1. The Morgan fingerprint density at radius 1 is 1.14 bits per heavy atom. The van der Waals surface area contributed by atoms with Crippen LogP contribution in [0.3, 0.4) is 0 Å². The fraction of sp³-hybridized carbons (Fsp3) is 0.0714. The first-order valence-corrected chi connectivity index (χ1v) is 6.07. The van der Waals surface area contributed by atoms with E-state index in [1.165, 1.54) is 36.4 Å². The van der Waals surface area contributed by atoms with Gasteiger partial charge in [-0.25, -0.2) is 8.78 Å². The highest BCUT2D eigenvalue weighted by Crippen LogP contribution is 2.25. The summed E-state index contributed by atoms with van der Waals surface area (Å²) in [6.45, 7) is -0.185. The highest BCUT2D eigenvalue weighted by atomic mass is 35.5. The summed E-state index contributed by atoms with van der Waals surface area (Å²) in [5.41, 5.74) is 5.31. The topological polar surface area (TPSA) is 59.1 Å². The first-order chi connectivity index (χ1) is 9.50. The molecule has 3 N–H and O–H groups in total. The summed E-state index contributed by atoms with van der Waals surface area (Å²) < 4.78 is 32.5. The molecule has 112 valence electrons. The summed E-state index contributed by atoms with van der Waals surface area (Å²) in [5.74, 6) is -1.58. The van der Waals surface area contributed by atoms with Crippen LogP contribution < -0.4 is 10.5 Å². The Labute approximate surface area is 131 Å². The molecule has 0 saturated heterocycles. The smallest absolute Gasteiger partial charge is 0.137 e. The van der Waals surface area contributed by atoms with Crippen molar-refractivity contribution in [3.05, 3.63) is 64.2 Å². The largest absolute Gasteiger partial charge is 0.488 e. The van der Waals surface area contributed by atoms with Gasteiger partial charge in [0.2, 0.25) is 0 Å². The first kappa shape index (κ1) is 17.2. The molecule has 0 aliphatic rings. The molecule has 21 heavy (non-hydrogen) atoms. The van der Waals surface area contributed by atoms with Crippen molar-refractivity contribution in [2.24, 2.45) is 5.73 Å². The Hall–Kier alpha value is -1.85. The van der Waals surface area contributed by atoms with Crippen LogP contribution in [0, 0.1) is 17.0 Å². The number of amidine groups is 1. The maximum absolute atomic E-state index is 13.6. The second-order valence-corrected chi connectivity index (χ2v) is 4.42. The molecule has 0 unspecified atom stereocenters. The van der Waals surface area contributed by atoms with Crippen LogP contribution in [-0.4, -0.2) is 5.84 Å². The van der Waals surface area contributed by atoms with Crippen molar-refractivity contribution < 1.29 is 13.5 Å². The monoisotopic (exact) mass is 332 g/mol. The minimum absolute atomic E-state index is 0. The molecule has 0 radical (unpaired) electrons. The van der Waals surface area contributed by atoms with Gasteiger partial charge in [-0.3, -0.25) is 5.41 Å². The Morgan fingerprint density at radius 2 is 1.76 bits per heavy atom. The lowest BCUT2D eigenvalue weighted by molar-refractivity contribution is 0.297. The summed E-state index contributed by atoms with van der Waals surface area (Å²) in [5, 5.41) is 7.56. The van der Waals surface area contributed by atoms with Gasteiger partial charge in [-0.15, -0.1) is 12.4 Å². The number of nitrogen functional groups attached to an aromatic ring is 1. The zero-order valence-electron chi connectivity index (χ0n) is 10.7. The van der Waals surface area contributed by atoms with E-state index in [0.29, 0.717) is 0 Å². The number of benzene rings is 2. The van der Waals surface area contributed by atoms with Gasteiger partial charge < -0.3 is 10.5 Å². The van der Waals surface area contributed by atoms with Crippen LogP contribution in [0.5, 0.6) is 5.75 Å². The van der Waals surface area contributed by atoms with E-state index in [2.05, 4.69) is 0 Å². The summed E-state index contributed by atoms with van der Waals surface area (Å²) in [7, 11) is 0. The number of rotatable bonds is 4. The SMILES string of the molecule is Cl.N=C(N)c1c(F)cccc1OCc1c(F)cccc1Cl. The molecule has 2 rings (SSSR count). The van der Waals surface area contributed by atoms with Crippen LogP contribution in [0.1, 0.15) is 11.1 Å². The summed E-state index contributed by atoms with van der Waals surface area (Å²) in [6, 6.07) is 8.29. The molecule has 3 nitrogen and oxygen atoms in total. The zero-order chi connectivity index (χ0) is 14.7. The van der Waals surface area contributed by atoms with Crippen molar-refractivity contribution in [1.82, 2.24) is 0 Å². The van der Waals surface area contributed by atoms with E-state index in [-0.39, 0.29) is 40.9 Å². The van der Waals surface area contributed by atoms with Gasteiger partial charge in [0, 0.05) is 5.56 Å². The maximum Gasteiger partial charge on any atom is 0.137 e. The van der Waals surface area contributed by atoms with Crippen molar-refractivity contribution in [2.75, 3.05) is 0 Å². The molecule has 2 aromatic carbocycles. The molecule has 0 aromatic heterocycles. The Bertz CT molecular complexity index is 645. The van der Waals surface area contributed by atoms with Crippen molar-refractivity contribution in [3.8, 4) is 5.75 Å². The van der Waals surface area contributed by atoms with Crippen LogP contribution in [0.2, 0.25) is 5.02 Å². The molecule has 0 fully saturated rings. The highest BCUT2D eigenvalue weighted by molar-refractivity contribution is 6.31. The van der Waals surface area contributed by atoms with Crippen molar-refractivity contribution >= 4 is 29.8 Å². The highest BCUT2D eigenvalue weighted by Gasteiger charge is 2.14.